The molecule has 0 spiro atoms. The molecule has 0 radical (unpaired) electrons. The molecular formula is C30H23F7N2O3. The van der Waals surface area contributed by atoms with Gasteiger partial charge in [-0.05, 0) is 60.7 Å². The Balaban J connectivity index is 1.50. The number of methoxy groups -OCH3 is 1. The van der Waals surface area contributed by atoms with Gasteiger partial charge in [0.15, 0.2) is 11.6 Å². The molecule has 12 heteroatoms. The predicted molar refractivity (Wildman–Crippen MR) is 138 cm³/mol. The maximum Gasteiger partial charge on any atom is 0.419 e. The van der Waals surface area contributed by atoms with Gasteiger partial charge in [-0.1, -0.05) is 23.8 Å². The van der Waals surface area contributed by atoms with Gasteiger partial charge in [0, 0.05) is 23.7 Å². The number of alkyl halides is 3. The van der Waals surface area contributed by atoms with Crippen molar-refractivity contribution < 1.29 is 45.1 Å². The van der Waals surface area contributed by atoms with Crippen molar-refractivity contribution in [2.75, 3.05) is 12.4 Å². The third-order valence-corrected chi connectivity index (χ3v) is 7.73. The summed E-state index contributed by atoms with van der Waals surface area (Å²) < 4.78 is 99.9. The molecule has 2 saturated carbocycles. The Morgan fingerprint density at radius 1 is 0.881 bits per heavy atom. The van der Waals surface area contributed by atoms with Crippen molar-refractivity contribution in [3.8, 4) is 5.75 Å². The second kappa shape index (κ2) is 11.1. The molecule has 2 aliphatic rings. The summed E-state index contributed by atoms with van der Waals surface area (Å²) in [7, 11) is 1.17. The minimum absolute atomic E-state index is 0.247. The maximum atomic E-state index is 14.0. The summed E-state index contributed by atoms with van der Waals surface area (Å²) >= 11 is 0. The lowest BCUT2D eigenvalue weighted by Crippen LogP contribution is -2.48. The number of benzene rings is 3. The van der Waals surface area contributed by atoms with Crippen LogP contribution >= 0.6 is 0 Å². The van der Waals surface area contributed by atoms with Crippen molar-refractivity contribution in [2.24, 2.45) is 17.8 Å². The Morgan fingerprint density at radius 2 is 1.55 bits per heavy atom. The van der Waals surface area contributed by atoms with Crippen LogP contribution in [-0.2, 0) is 11.0 Å². The zero-order valence-electron chi connectivity index (χ0n) is 21.9. The molecule has 42 heavy (non-hydrogen) atoms. The summed E-state index contributed by atoms with van der Waals surface area (Å²) in [5.74, 6) is -8.17. The average Bonchev–Trinajstić information content (AvgIpc) is 3.46. The zero-order valence-corrected chi connectivity index (χ0v) is 21.9. The summed E-state index contributed by atoms with van der Waals surface area (Å²) in [5.41, 5.74) is -0.784. The summed E-state index contributed by atoms with van der Waals surface area (Å²) in [4.78, 5) is 26.9. The normalized spacial score (nSPS) is 22.3. The van der Waals surface area contributed by atoms with E-state index in [0.29, 0.717) is 42.7 Å². The Bertz CT molecular complexity index is 1570. The van der Waals surface area contributed by atoms with Crippen LogP contribution in [0.4, 0.5) is 36.4 Å². The molecule has 3 aromatic carbocycles. The Hall–Kier alpha value is -4.35. The molecule has 0 heterocycles. The first kappa shape index (κ1) is 29.2. The second-order valence-electron chi connectivity index (χ2n) is 10.2. The van der Waals surface area contributed by atoms with E-state index < -0.39 is 70.6 Å². The quantitative estimate of drug-likeness (QED) is 0.312. The smallest absolute Gasteiger partial charge is 0.419 e. The third kappa shape index (κ3) is 5.57. The van der Waals surface area contributed by atoms with Gasteiger partial charge in [-0.25, -0.2) is 17.6 Å². The topological polar surface area (TPSA) is 67.4 Å². The molecule has 0 saturated heterocycles. The number of halogens is 7. The van der Waals surface area contributed by atoms with Gasteiger partial charge in [-0.3, -0.25) is 9.59 Å². The molecule has 2 unspecified atom stereocenters. The van der Waals surface area contributed by atoms with E-state index in [-0.39, 0.29) is 17.0 Å². The molecule has 4 atom stereocenters. The van der Waals surface area contributed by atoms with Crippen LogP contribution in [0.15, 0.2) is 60.2 Å². The van der Waals surface area contributed by atoms with Crippen LogP contribution < -0.4 is 15.4 Å². The molecular weight excluding hydrogens is 569 g/mol. The lowest BCUT2D eigenvalue weighted by Gasteiger charge is -2.30. The van der Waals surface area contributed by atoms with E-state index >= 15 is 0 Å². The molecule has 2 amide bonds. The molecule has 2 aliphatic carbocycles. The zero-order chi connectivity index (χ0) is 30.3. The van der Waals surface area contributed by atoms with E-state index in [4.69, 9.17) is 4.74 Å². The molecule has 3 aromatic rings. The van der Waals surface area contributed by atoms with Crippen molar-refractivity contribution >= 4 is 23.6 Å². The number of fused-ring (bicyclic) bond motifs is 2. The van der Waals surface area contributed by atoms with Crippen LogP contribution in [-0.4, -0.2) is 25.0 Å². The monoisotopic (exact) mass is 592 g/mol. The number of anilines is 1. The third-order valence-electron chi connectivity index (χ3n) is 7.73. The van der Waals surface area contributed by atoms with Crippen LogP contribution in [0.5, 0.6) is 5.75 Å². The van der Waals surface area contributed by atoms with E-state index in [1.807, 2.05) is 0 Å². The molecule has 2 fully saturated rings. The van der Waals surface area contributed by atoms with Gasteiger partial charge in [0.05, 0.1) is 24.2 Å². The van der Waals surface area contributed by atoms with E-state index in [0.717, 1.165) is 11.6 Å². The first-order valence-electron chi connectivity index (χ1n) is 12.9. The summed E-state index contributed by atoms with van der Waals surface area (Å²) in [6.07, 6.45) is -2.18. The highest BCUT2D eigenvalue weighted by atomic mass is 19.4. The summed E-state index contributed by atoms with van der Waals surface area (Å²) in [6.45, 7) is 0. The molecule has 5 nitrogen and oxygen atoms in total. The van der Waals surface area contributed by atoms with Crippen LogP contribution in [0.2, 0.25) is 0 Å². The fraction of sp³-hybridized carbons (Fsp3) is 0.267. The predicted octanol–water partition coefficient (Wildman–Crippen LogP) is 6.75. The van der Waals surface area contributed by atoms with E-state index in [9.17, 15) is 40.3 Å². The van der Waals surface area contributed by atoms with Crippen LogP contribution in [0.25, 0.3) is 6.08 Å². The molecule has 0 aromatic heterocycles. The van der Waals surface area contributed by atoms with Gasteiger partial charge in [0.1, 0.15) is 17.4 Å². The van der Waals surface area contributed by atoms with Gasteiger partial charge in [0.25, 0.3) is 5.91 Å². The number of hydrogen-bond donors (Lipinski definition) is 2. The summed E-state index contributed by atoms with van der Waals surface area (Å²) in [6, 6.07) is 8.12. The van der Waals surface area contributed by atoms with E-state index in [1.54, 1.807) is 6.08 Å². The van der Waals surface area contributed by atoms with Crippen molar-refractivity contribution in [2.45, 2.75) is 25.1 Å². The minimum atomic E-state index is -5.00. The fourth-order valence-electron chi connectivity index (χ4n) is 5.89. The average molecular weight is 593 g/mol. The number of ether oxygens (including phenoxy) is 1. The van der Waals surface area contributed by atoms with E-state index in [1.165, 1.54) is 31.4 Å². The second-order valence-corrected chi connectivity index (χ2v) is 10.2. The van der Waals surface area contributed by atoms with Crippen LogP contribution in [0, 0.1) is 41.0 Å². The van der Waals surface area contributed by atoms with Gasteiger partial charge in [-0.15, -0.1) is 0 Å². The van der Waals surface area contributed by atoms with E-state index in [2.05, 4.69) is 10.6 Å². The maximum absolute atomic E-state index is 14.0. The lowest BCUT2D eigenvalue weighted by molar-refractivity contribution is -0.140. The first-order chi connectivity index (χ1) is 19.9. The Morgan fingerprint density at radius 3 is 2.21 bits per heavy atom. The van der Waals surface area contributed by atoms with Crippen molar-refractivity contribution in [1.82, 2.24) is 5.32 Å². The molecule has 220 valence electrons. The van der Waals surface area contributed by atoms with Crippen LogP contribution in [0.3, 0.4) is 0 Å². The Kier molecular flexibility index (Phi) is 7.74. The number of carbonyl (C=O) groups is 2. The molecule has 2 N–H and O–H groups in total. The van der Waals surface area contributed by atoms with Crippen LogP contribution in [0.1, 0.15) is 34.3 Å². The SMILES string of the molecule is COc1cc(F)c(F)cc1C(=O)N[C@@H]1C2CCC(C2=Cc2ccc(F)cc2)[C@@H]1C(=O)Nc1ccc(F)c(C(F)(F)F)c1. The number of nitrogens with one attached hydrogen (secondary N) is 2. The molecule has 2 bridgehead atoms. The standard InChI is InChI=1S/C30H23F7N2O3/c1-42-25-13-24(34)23(33)12-20(25)28(40)39-27-18-8-7-17(19(18)10-14-2-4-15(31)5-3-14)26(27)29(41)38-16-6-9-22(32)21(11-16)30(35,36)37/h2-6,9-13,17-18,26-27H,7-8H2,1H3,(H,38,41)(H,39,40)/t17?,18?,26-,27+/m0/s1. The van der Waals surface area contributed by atoms with Gasteiger partial charge < -0.3 is 15.4 Å². The molecule has 0 aliphatic heterocycles. The van der Waals surface area contributed by atoms with Gasteiger partial charge >= 0.3 is 6.18 Å². The van der Waals surface area contributed by atoms with Gasteiger partial charge in [-0.2, -0.15) is 13.2 Å². The number of amides is 2. The minimum Gasteiger partial charge on any atom is -0.496 e. The number of carbonyl (C=O) groups excluding carboxylic acids is 2. The van der Waals surface area contributed by atoms with Crippen molar-refractivity contribution in [3.63, 3.8) is 0 Å². The number of hydrogen-bond acceptors (Lipinski definition) is 3. The lowest BCUT2D eigenvalue weighted by atomic mass is 9.83. The highest BCUT2D eigenvalue weighted by Gasteiger charge is 2.54. The molecule has 5 rings (SSSR count). The Labute approximate surface area is 235 Å². The van der Waals surface area contributed by atoms with Crippen molar-refractivity contribution in [3.05, 3.63) is 100 Å². The highest BCUT2D eigenvalue weighted by Crippen LogP contribution is 2.53. The first-order valence-corrected chi connectivity index (χ1v) is 12.9. The largest absolute Gasteiger partial charge is 0.496 e. The fourth-order valence-corrected chi connectivity index (χ4v) is 5.89. The summed E-state index contributed by atoms with van der Waals surface area (Å²) in [5, 5.41) is 5.14. The highest BCUT2D eigenvalue weighted by molar-refractivity contribution is 5.99. The number of rotatable bonds is 6. The van der Waals surface area contributed by atoms with Gasteiger partial charge in [0.2, 0.25) is 5.91 Å². The van der Waals surface area contributed by atoms with Crippen molar-refractivity contribution in [1.29, 1.82) is 0 Å².